The standard InChI is InChI=1S/C20H25N3O3/c1-25-16-5-4-14(10-17(16)26-2)11-18(24)23-9-3-7-20(13-23)8-6-15-12-21-22-19(15)20/h4-5,10,12H,3,6-9,11,13H2,1-2H3,(H,21,22). The third-order valence-electron chi connectivity index (χ3n) is 5.85. The number of carbonyl (C=O) groups excluding carboxylic acids is 1. The zero-order chi connectivity index (χ0) is 18.1. The topological polar surface area (TPSA) is 67.5 Å². The molecule has 6 heteroatoms. The molecule has 1 spiro atoms. The highest BCUT2D eigenvalue weighted by molar-refractivity contribution is 5.79. The number of hydrogen-bond donors (Lipinski definition) is 1. The largest absolute Gasteiger partial charge is 0.493 e. The number of fused-ring (bicyclic) bond motifs is 2. The number of piperidine rings is 1. The number of aromatic amines is 1. The van der Waals surface area contributed by atoms with Gasteiger partial charge in [-0.15, -0.1) is 0 Å². The van der Waals surface area contributed by atoms with Crippen molar-refractivity contribution in [2.24, 2.45) is 0 Å². The highest BCUT2D eigenvalue weighted by Crippen LogP contribution is 2.43. The molecule has 2 heterocycles. The number of aryl methyl sites for hydroxylation is 1. The van der Waals surface area contributed by atoms with Crippen LogP contribution in [0.4, 0.5) is 0 Å². The second kappa shape index (κ2) is 6.67. The van der Waals surface area contributed by atoms with E-state index in [-0.39, 0.29) is 11.3 Å². The van der Waals surface area contributed by atoms with Gasteiger partial charge in [0.2, 0.25) is 5.91 Å². The van der Waals surface area contributed by atoms with E-state index in [1.807, 2.05) is 29.3 Å². The molecule has 6 nitrogen and oxygen atoms in total. The number of benzene rings is 1. The second-order valence-electron chi connectivity index (χ2n) is 7.34. The molecule has 26 heavy (non-hydrogen) atoms. The van der Waals surface area contributed by atoms with Gasteiger partial charge in [0, 0.05) is 24.2 Å². The molecule has 1 aliphatic carbocycles. The SMILES string of the molecule is COc1ccc(CC(=O)N2CCCC3(CCc4cn[nH]c43)C2)cc1OC. The Morgan fingerprint density at radius 2 is 2.12 bits per heavy atom. The van der Waals surface area contributed by atoms with Crippen molar-refractivity contribution in [3.8, 4) is 11.5 Å². The van der Waals surface area contributed by atoms with Gasteiger partial charge in [0.25, 0.3) is 0 Å². The maximum atomic E-state index is 12.9. The quantitative estimate of drug-likeness (QED) is 0.915. The van der Waals surface area contributed by atoms with E-state index in [4.69, 9.17) is 9.47 Å². The van der Waals surface area contributed by atoms with Gasteiger partial charge in [0.15, 0.2) is 11.5 Å². The van der Waals surface area contributed by atoms with Crippen LogP contribution in [0.3, 0.4) is 0 Å². The van der Waals surface area contributed by atoms with Crippen molar-refractivity contribution < 1.29 is 14.3 Å². The third-order valence-corrected chi connectivity index (χ3v) is 5.85. The van der Waals surface area contributed by atoms with Crippen molar-refractivity contribution in [2.45, 2.75) is 37.5 Å². The molecule has 138 valence electrons. The smallest absolute Gasteiger partial charge is 0.227 e. The number of H-pyrrole nitrogens is 1. The van der Waals surface area contributed by atoms with Gasteiger partial charge < -0.3 is 14.4 Å². The van der Waals surface area contributed by atoms with Gasteiger partial charge in [-0.1, -0.05) is 6.07 Å². The normalized spacial score (nSPS) is 21.7. The Kier molecular flexibility index (Phi) is 4.34. The van der Waals surface area contributed by atoms with Crippen LogP contribution in [-0.4, -0.2) is 48.3 Å². The van der Waals surface area contributed by atoms with Crippen molar-refractivity contribution in [1.29, 1.82) is 0 Å². The number of aromatic nitrogens is 2. The maximum absolute atomic E-state index is 12.9. The Hall–Kier alpha value is -2.50. The summed E-state index contributed by atoms with van der Waals surface area (Å²) >= 11 is 0. The Balaban J connectivity index is 1.49. The number of methoxy groups -OCH3 is 2. The first-order chi connectivity index (χ1) is 12.6. The maximum Gasteiger partial charge on any atom is 0.227 e. The van der Waals surface area contributed by atoms with Gasteiger partial charge >= 0.3 is 0 Å². The van der Waals surface area contributed by atoms with E-state index in [1.165, 1.54) is 11.3 Å². The van der Waals surface area contributed by atoms with E-state index >= 15 is 0 Å². The molecule has 1 N–H and O–H groups in total. The highest BCUT2D eigenvalue weighted by atomic mass is 16.5. The molecule has 1 atom stereocenters. The van der Waals surface area contributed by atoms with Crippen molar-refractivity contribution in [2.75, 3.05) is 27.3 Å². The summed E-state index contributed by atoms with van der Waals surface area (Å²) in [5.74, 6) is 1.51. The summed E-state index contributed by atoms with van der Waals surface area (Å²) in [5.41, 5.74) is 3.58. The van der Waals surface area contributed by atoms with Crippen LogP contribution in [0.15, 0.2) is 24.4 Å². The van der Waals surface area contributed by atoms with E-state index in [9.17, 15) is 4.79 Å². The highest BCUT2D eigenvalue weighted by Gasteiger charge is 2.44. The number of carbonyl (C=O) groups is 1. The second-order valence-corrected chi connectivity index (χ2v) is 7.34. The zero-order valence-corrected chi connectivity index (χ0v) is 15.4. The first-order valence-electron chi connectivity index (χ1n) is 9.16. The lowest BCUT2D eigenvalue weighted by atomic mass is 9.77. The molecule has 1 aromatic carbocycles. The minimum Gasteiger partial charge on any atom is -0.493 e. The van der Waals surface area contributed by atoms with E-state index in [0.29, 0.717) is 17.9 Å². The van der Waals surface area contributed by atoms with Crippen LogP contribution < -0.4 is 9.47 Å². The lowest BCUT2D eigenvalue weighted by molar-refractivity contribution is -0.132. The van der Waals surface area contributed by atoms with Gasteiger partial charge in [-0.05, 0) is 48.9 Å². The minimum atomic E-state index is 0.0668. The van der Waals surface area contributed by atoms with Crippen LogP contribution >= 0.6 is 0 Å². The van der Waals surface area contributed by atoms with Gasteiger partial charge in [0.05, 0.1) is 26.8 Å². The van der Waals surface area contributed by atoms with Gasteiger partial charge in [0.1, 0.15) is 0 Å². The number of likely N-dealkylation sites (tertiary alicyclic amines) is 1. The average Bonchev–Trinajstić information content (AvgIpc) is 3.26. The van der Waals surface area contributed by atoms with Crippen molar-refractivity contribution in [3.05, 3.63) is 41.2 Å². The van der Waals surface area contributed by atoms with Crippen molar-refractivity contribution in [3.63, 3.8) is 0 Å². The molecule has 1 amide bonds. The minimum absolute atomic E-state index is 0.0668. The zero-order valence-electron chi connectivity index (χ0n) is 15.4. The summed E-state index contributed by atoms with van der Waals surface area (Å²) in [7, 11) is 3.22. The summed E-state index contributed by atoms with van der Waals surface area (Å²) in [5, 5.41) is 7.41. The molecule has 4 rings (SSSR count). The molecule has 0 saturated carbocycles. The summed E-state index contributed by atoms with van der Waals surface area (Å²) in [6.07, 6.45) is 6.65. The Labute approximate surface area is 153 Å². The summed E-state index contributed by atoms with van der Waals surface area (Å²) in [6, 6.07) is 5.67. The van der Waals surface area contributed by atoms with Gasteiger partial charge in [-0.3, -0.25) is 9.89 Å². The number of nitrogens with zero attached hydrogens (tertiary/aromatic N) is 2. The predicted molar refractivity (Wildman–Crippen MR) is 97.7 cm³/mol. The molecule has 1 aliphatic heterocycles. The fourth-order valence-electron chi connectivity index (χ4n) is 4.49. The lowest BCUT2D eigenvalue weighted by Gasteiger charge is -2.40. The Morgan fingerprint density at radius 3 is 2.92 bits per heavy atom. The first-order valence-corrected chi connectivity index (χ1v) is 9.16. The Bertz CT molecular complexity index is 816. The van der Waals surface area contributed by atoms with E-state index in [2.05, 4.69) is 10.2 Å². The molecule has 2 aliphatic rings. The van der Waals surface area contributed by atoms with Crippen LogP contribution in [-0.2, 0) is 23.1 Å². The number of hydrogen-bond acceptors (Lipinski definition) is 4. The first kappa shape index (κ1) is 16.9. The number of amides is 1. The molecule has 0 bridgehead atoms. The van der Waals surface area contributed by atoms with Crippen LogP contribution in [0.2, 0.25) is 0 Å². The summed E-state index contributed by atoms with van der Waals surface area (Å²) < 4.78 is 10.6. The van der Waals surface area contributed by atoms with E-state index in [1.54, 1.807) is 14.2 Å². The number of rotatable bonds is 4. The Morgan fingerprint density at radius 1 is 1.27 bits per heavy atom. The molecular weight excluding hydrogens is 330 g/mol. The number of nitrogens with one attached hydrogen (secondary N) is 1. The van der Waals surface area contributed by atoms with Gasteiger partial charge in [-0.2, -0.15) is 5.10 Å². The van der Waals surface area contributed by atoms with Crippen molar-refractivity contribution >= 4 is 5.91 Å². The third kappa shape index (κ3) is 2.83. The van der Waals surface area contributed by atoms with Crippen LogP contribution in [0, 0.1) is 0 Å². The molecule has 0 radical (unpaired) electrons. The average molecular weight is 355 g/mol. The van der Waals surface area contributed by atoms with Crippen LogP contribution in [0.25, 0.3) is 0 Å². The fourth-order valence-corrected chi connectivity index (χ4v) is 4.49. The molecule has 2 aromatic rings. The van der Waals surface area contributed by atoms with Crippen LogP contribution in [0.5, 0.6) is 11.5 Å². The molecule has 1 unspecified atom stereocenters. The summed E-state index contributed by atoms with van der Waals surface area (Å²) in [6.45, 7) is 1.62. The monoisotopic (exact) mass is 355 g/mol. The fraction of sp³-hybridized carbons (Fsp3) is 0.500. The summed E-state index contributed by atoms with van der Waals surface area (Å²) in [4.78, 5) is 15.0. The predicted octanol–water partition coefficient (Wildman–Crippen LogP) is 2.48. The molecule has 1 fully saturated rings. The van der Waals surface area contributed by atoms with Gasteiger partial charge in [-0.25, -0.2) is 0 Å². The lowest BCUT2D eigenvalue weighted by Crippen LogP contribution is -2.48. The van der Waals surface area contributed by atoms with Crippen molar-refractivity contribution in [1.82, 2.24) is 15.1 Å². The molecule has 1 saturated heterocycles. The van der Waals surface area contributed by atoms with E-state index < -0.39 is 0 Å². The number of ether oxygens (including phenoxy) is 2. The van der Waals surface area contributed by atoms with Crippen LogP contribution in [0.1, 0.15) is 36.1 Å². The molecule has 1 aromatic heterocycles. The van der Waals surface area contributed by atoms with E-state index in [0.717, 1.165) is 44.3 Å². The molecular formula is C20H25N3O3.